The largest absolute Gasteiger partial charge is 0.466 e. The molecular formula is C16H20N2O4. The number of amides is 1. The Bertz CT molecular complexity index is 695. The summed E-state index contributed by atoms with van der Waals surface area (Å²) in [5.41, 5.74) is -0.289. The van der Waals surface area contributed by atoms with Gasteiger partial charge in [-0.2, -0.15) is 0 Å². The molecule has 2 aromatic rings. The Balaban J connectivity index is 1.65. The van der Waals surface area contributed by atoms with E-state index in [1.165, 1.54) is 0 Å². The zero-order valence-electron chi connectivity index (χ0n) is 13.0. The van der Waals surface area contributed by atoms with Gasteiger partial charge in [-0.25, -0.2) is 0 Å². The first-order chi connectivity index (χ1) is 10.4. The third kappa shape index (κ3) is 2.92. The normalized spacial score (nSPS) is 17.3. The first-order valence-electron chi connectivity index (χ1n) is 7.41. The Hall–Kier alpha value is -2.08. The van der Waals surface area contributed by atoms with Crippen LogP contribution in [0.25, 0.3) is 0 Å². The van der Waals surface area contributed by atoms with E-state index in [2.05, 4.69) is 10.5 Å². The maximum absolute atomic E-state index is 12.1. The van der Waals surface area contributed by atoms with Crippen LogP contribution in [0.2, 0.25) is 0 Å². The third-order valence-corrected chi connectivity index (χ3v) is 3.96. The molecule has 0 aliphatic heterocycles. The molecule has 1 saturated carbocycles. The minimum absolute atomic E-state index is 0.0667. The molecular weight excluding hydrogens is 284 g/mol. The van der Waals surface area contributed by atoms with Crippen LogP contribution in [-0.2, 0) is 5.60 Å². The predicted molar refractivity (Wildman–Crippen MR) is 78.6 cm³/mol. The summed E-state index contributed by atoms with van der Waals surface area (Å²) in [4.78, 5) is 12.1. The maximum atomic E-state index is 12.1. The number of aromatic nitrogens is 1. The fraction of sp³-hybridized carbons (Fsp3) is 0.500. The Morgan fingerprint density at radius 1 is 1.45 bits per heavy atom. The van der Waals surface area contributed by atoms with Crippen LogP contribution in [-0.4, -0.2) is 22.7 Å². The first kappa shape index (κ1) is 14.8. The van der Waals surface area contributed by atoms with E-state index in [-0.39, 0.29) is 18.1 Å². The minimum atomic E-state index is -1.21. The Kier molecular flexibility index (Phi) is 3.56. The average molecular weight is 304 g/mol. The van der Waals surface area contributed by atoms with Crippen molar-refractivity contribution >= 4 is 5.91 Å². The van der Waals surface area contributed by atoms with Crippen molar-refractivity contribution in [1.82, 2.24) is 10.5 Å². The topological polar surface area (TPSA) is 88.5 Å². The molecule has 1 aliphatic rings. The number of aryl methyl sites for hydroxylation is 2. The Morgan fingerprint density at radius 2 is 2.18 bits per heavy atom. The molecule has 118 valence electrons. The number of hydrogen-bond donors (Lipinski definition) is 2. The van der Waals surface area contributed by atoms with Crippen LogP contribution < -0.4 is 5.32 Å². The van der Waals surface area contributed by atoms with Gasteiger partial charge in [0.25, 0.3) is 5.91 Å². The first-order valence-corrected chi connectivity index (χ1v) is 7.41. The second-order valence-corrected chi connectivity index (χ2v) is 6.17. The molecule has 1 amide bonds. The zero-order chi connectivity index (χ0) is 15.9. The number of nitrogens with one attached hydrogen (secondary N) is 1. The van der Waals surface area contributed by atoms with Gasteiger partial charge < -0.3 is 19.4 Å². The van der Waals surface area contributed by atoms with Gasteiger partial charge in [0, 0.05) is 17.5 Å². The van der Waals surface area contributed by atoms with Gasteiger partial charge in [0.2, 0.25) is 0 Å². The summed E-state index contributed by atoms with van der Waals surface area (Å²) in [6, 6.07) is 3.46. The van der Waals surface area contributed by atoms with Crippen molar-refractivity contribution in [3.63, 3.8) is 0 Å². The molecule has 3 rings (SSSR count). The lowest BCUT2D eigenvalue weighted by atomic mass is 9.96. The fourth-order valence-corrected chi connectivity index (χ4v) is 2.56. The Labute approximate surface area is 128 Å². The van der Waals surface area contributed by atoms with Gasteiger partial charge in [0.05, 0.1) is 6.54 Å². The second-order valence-electron chi connectivity index (χ2n) is 6.17. The van der Waals surface area contributed by atoms with Crippen molar-refractivity contribution in [2.75, 3.05) is 6.54 Å². The summed E-state index contributed by atoms with van der Waals surface area (Å²) in [6.07, 6.45) is 2.17. The van der Waals surface area contributed by atoms with Gasteiger partial charge in [-0.05, 0) is 39.7 Å². The molecule has 0 bridgehead atoms. The van der Waals surface area contributed by atoms with Crippen LogP contribution in [0.5, 0.6) is 0 Å². The standard InChI is InChI=1S/C16H20N2O4/c1-9-6-12(10(2)21-9)16(3,20)8-17-15(19)13-7-14(22-18-13)11-4-5-11/h6-7,11,20H,4-5,8H2,1-3H3,(H,17,19)/t16-/m0/s1. The van der Waals surface area contributed by atoms with Gasteiger partial charge in [0.1, 0.15) is 22.9 Å². The van der Waals surface area contributed by atoms with Crippen molar-refractivity contribution < 1.29 is 18.8 Å². The summed E-state index contributed by atoms with van der Waals surface area (Å²) in [5.74, 6) is 2.19. The van der Waals surface area contributed by atoms with Crippen molar-refractivity contribution in [3.8, 4) is 0 Å². The number of furan rings is 1. The van der Waals surface area contributed by atoms with Crippen LogP contribution in [0.3, 0.4) is 0 Å². The lowest BCUT2D eigenvalue weighted by Gasteiger charge is -2.23. The monoisotopic (exact) mass is 304 g/mol. The molecule has 1 fully saturated rings. The second kappa shape index (κ2) is 5.28. The SMILES string of the molecule is Cc1cc([C@@](C)(O)CNC(=O)c2cc(C3CC3)on2)c(C)o1. The maximum Gasteiger partial charge on any atom is 0.273 e. The van der Waals surface area contributed by atoms with Crippen molar-refractivity contribution in [2.45, 2.75) is 45.1 Å². The van der Waals surface area contributed by atoms with Gasteiger partial charge in [-0.3, -0.25) is 4.79 Å². The van der Waals surface area contributed by atoms with Crippen LogP contribution in [0, 0.1) is 13.8 Å². The molecule has 1 aliphatic carbocycles. The molecule has 6 heteroatoms. The number of nitrogens with zero attached hydrogens (tertiary/aromatic N) is 1. The highest BCUT2D eigenvalue weighted by Gasteiger charge is 2.31. The highest BCUT2D eigenvalue weighted by molar-refractivity contribution is 5.92. The zero-order valence-corrected chi connectivity index (χ0v) is 13.0. The van der Waals surface area contributed by atoms with Crippen LogP contribution >= 0.6 is 0 Å². The number of hydrogen-bond acceptors (Lipinski definition) is 5. The molecule has 22 heavy (non-hydrogen) atoms. The van der Waals surface area contributed by atoms with Crippen molar-refractivity contribution in [1.29, 1.82) is 0 Å². The Morgan fingerprint density at radius 3 is 2.77 bits per heavy atom. The lowest BCUT2D eigenvalue weighted by Crippen LogP contribution is -2.38. The number of carbonyl (C=O) groups is 1. The van der Waals surface area contributed by atoms with Crippen LogP contribution in [0.15, 0.2) is 21.1 Å². The summed E-state index contributed by atoms with van der Waals surface area (Å²) >= 11 is 0. The summed E-state index contributed by atoms with van der Waals surface area (Å²) in [7, 11) is 0. The molecule has 2 aromatic heterocycles. The van der Waals surface area contributed by atoms with E-state index in [0.717, 1.165) is 24.4 Å². The molecule has 2 heterocycles. The van der Waals surface area contributed by atoms with Gasteiger partial charge in [0.15, 0.2) is 5.69 Å². The summed E-state index contributed by atoms with van der Waals surface area (Å²) in [5, 5.41) is 17.0. The summed E-state index contributed by atoms with van der Waals surface area (Å²) in [6.45, 7) is 5.32. The third-order valence-electron chi connectivity index (χ3n) is 3.96. The molecule has 2 N–H and O–H groups in total. The average Bonchev–Trinajstić information content (AvgIpc) is 3.08. The highest BCUT2D eigenvalue weighted by Crippen LogP contribution is 2.40. The van der Waals surface area contributed by atoms with E-state index >= 15 is 0 Å². The smallest absolute Gasteiger partial charge is 0.273 e. The van der Waals surface area contributed by atoms with E-state index < -0.39 is 5.60 Å². The lowest BCUT2D eigenvalue weighted by molar-refractivity contribution is 0.0511. The molecule has 0 spiro atoms. The van der Waals surface area contributed by atoms with Gasteiger partial charge in [-0.1, -0.05) is 5.16 Å². The molecule has 0 radical (unpaired) electrons. The van der Waals surface area contributed by atoms with Crippen LogP contribution in [0.1, 0.15) is 59.0 Å². The molecule has 6 nitrogen and oxygen atoms in total. The van der Waals surface area contributed by atoms with Crippen molar-refractivity contribution in [2.24, 2.45) is 0 Å². The quantitative estimate of drug-likeness (QED) is 0.885. The number of carbonyl (C=O) groups excluding carboxylic acids is 1. The predicted octanol–water partition coefficient (Wildman–Crippen LogP) is 2.40. The van der Waals surface area contributed by atoms with E-state index in [9.17, 15) is 9.90 Å². The van der Waals surface area contributed by atoms with Crippen LogP contribution in [0.4, 0.5) is 0 Å². The fourth-order valence-electron chi connectivity index (χ4n) is 2.56. The van der Waals surface area contributed by atoms with E-state index in [4.69, 9.17) is 8.94 Å². The van der Waals surface area contributed by atoms with Crippen molar-refractivity contribution in [3.05, 3.63) is 40.7 Å². The minimum Gasteiger partial charge on any atom is -0.466 e. The van der Waals surface area contributed by atoms with Gasteiger partial charge in [-0.15, -0.1) is 0 Å². The molecule has 1 atom stereocenters. The van der Waals surface area contributed by atoms with Gasteiger partial charge >= 0.3 is 0 Å². The molecule has 0 unspecified atom stereocenters. The number of aliphatic hydroxyl groups is 1. The molecule has 0 saturated heterocycles. The van der Waals surface area contributed by atoms with E-state index in [1.54, 1.807) is 26.0 Å². The molecule has 0 aromatic carbocycles. The van der Waals surface area contributed by atoms with E-state index in [1.807, 2.05) is 6.92 Å². The highest BCUT2D eigenvalue weighted by atomic mass is 16.5. The summed E-state index contributed by atoms with van der Waals surface area (Å²) < 4.78 is 10.6. The number of rotatable bonds is 5. The van der Waals surface area contributed by atoms with E-state index in [0.29, 0.717) is 17.2 Å².